The molecule has 0 spiro atoms. The SMILES string of the molecule is Cc1cc(I)c2ncccc2c1C(=O)O. The van der Waals surface area contributed by atoms with E-state index in [1.165, 1.54) is 0 Å². The van der Waals surface area contributed by atoms with Gasteiger partial charge in [0, 0.05) is 15.2 Å². The molecule has 2 rings (SSSR count). The van der Waals surface area contributed by atoms with E-state index in [0.29, 0.717) is 10.9 Å². The number of fused-ring (bicyclic) bond motifs is 1. The number of carbonyl (C=O) groups is 1. The third-order valence-corrected chi connectivity index (χ3v) is 3.08. The van der Waals surface area contributed by atoms with Crippen LogP contribution in [0.3, 0.4) is 0 Å². The highest BCUT2D eigenvalue weighted by Crippen LogP contribution is 2.25. The van der Waals surface area contributed by atoms with Gasteiger partial charge in [0.05, 0.1) is 11.1 Å². The van der Waals surface area contributed by atoms with Crippen molar-refractivity contribution in [1.29, 1.82) is 0 Å². The summed E-state index contributed by atoms with van der Waals surface area (Å²) in [6, 6.07) is 5.39. The average Bonchev–Trinajstić information content (AvgIpc) is 2.17. The molecule has 15 heavy (non-hydrogen) atoms. The largest absolute Gasteiger partial charge is 0.478 e. The highest BCUT2D eigenvalue weighted by atomic mass is 127. The Morgan fingerprint density at radius 2 is 2.27 bits per heavy atom. The zero-order valence-electron chi connectivity index (χ0n) is 7.99. The first kappa shape index (κ1) is 10.4. The molecule has 1 aromatic carbocycles. The number of benzene rings is 1. The van der Waals surface area contributed by atoms with Gasteiger partial charge in [0.2, 0.25) is 0 Å². The lowest BCUT2D eigenvalue weighted by Gasteiger charge is -2.07. The standard InChI is InChI=1S/C11H8INO2/c1-6-5-8(12)10-7(3-2-4-13-10)9(6)11(14)15/h2-5H,1H3,(H,14,15). The average molecular weight is 313 g/mol. The second-order valence-electron chi connectivity index (χ2n) is 3.26. The molecule has 0 radical (unpaired) electrons. The van der Waals surface area contributed by atoms with Gasteiger partial charge in [0.25, 0.3) is 0 Å². The van der Waals surface area contributed by atoms with Crippen molar-refractivity contribution in [3.05, 3.63) is 39.1 Å². The van der Waals surface area contributed by atoms with Gasteiger partial charge in [-0.3, -0.25) is 4.98 Å². The minimum absolute atomic E-state index is 0.346. The molecule has 0 fully saturated rings. The Kier molecular flexibility index (Phi) is 2.60. The molecule has 0 aliphatic carbocycles. The van der Waals surface area contributed by atoms with Crippen molar-refractivity contribution in [2.24, 2.45) is 0 Å². The van der Waals surface area contributed by atoms with E-state index in [-0.39, 0.29) is 0 Å². The van der Waals surface area contributed by atoms with Crippen LogP contribution in [0.4, 0.5) is 0 Å². The van der Waals surface area contributed by atoms with Gasteiger partial charge in [-0.15, -0.1) is 0 Å². The molecule has 1 N–H and O–H groups in total. The lowest BCUT2D eigenvalue weighted by atomic mass is 10.0. The summed E-state index contributed by atoms with van der Waals surface area (Å²) in [7, 11) is 0. The van der Waals surface area contributed by atoms with Gasteiger partial charge in [0.15, 0.2) is 0 Å². The monoisotopic (exact) mass is 313 g/mol. The number of halogens is 1. The minimum Gasteiger partial charge on any atom is -0.478 e. The number of rotatable bonds is 1. The van der Waals surface area contributed by atoms with Gasteiger partial charge >= 0.3 is 5.97 Å². The third kappa shape index (κ3) is 1.69. The van der Waals surface area contributed by atoms with Crippen molar-refractivity contribution in [3.63, 3.8) is 0 Å². The number of aromatic carboxylic acids is 1. The van der Waals surface area contributed by atoms with Crippen LogP contribution < -0.4 is 0 Å². The van der Waals surface area contributed by atoms with Crippen molar-refractivity contribution < 1.29 is 9.90 Å². The first-order valence-electron chi connectivity index (χ1n) is 4.38. The fraction of sp³-hybridized carbons (Fsp3) is 0.0909. The Bertz CT molecular complexity index is 552. The number of carboxylic acids is 1. The van der Waals surface area contributed by atoms with Gasteiger partial charge in [0.1, 0.15) is 0 Å². The van der Waals surface area contributed by atoms with Crippen LogP contribution in [-0.2, 0) is 0 Å². The molecule has 3 nitrogen and oxygen atoms in total. The summed E-state index contributed by atoms with van der Waals surface area (Å²) in [5.41, 5.74) is 1.87. The summed E-state index contributed by atoms with van der Waals surface area (Å²) in [6.07, 6.45) is 1.67. The van der Waals surface area contributed by atoms with Gasteiger partial charge in [-0.05, 0) is 47.2 Å². The topological polar surface area (TPSA) is 50.2 Å². The number of aromatic nitrogens is 1. The summed E-state index contributed by atoms with van der Waals surface area (Å²) in [4.78, 5) is 15.3. The second kappa shape index (κ2) is 3.77. The van der Waals surface area contributed by atoms with E-state index >= 15 is 0 Å². The fourth-order valence-corrected chi connectivity index (χ4v) is 2.52. The zero-order chi connectivity index (χ0) is 11.0. The van der Waals surface area contributed by atoms with E-state index in [4.69, 9.17) is 5.11 Å². The van der Waals surface area contributed by atoms with Crippen molar-refractivity contribution in [2.45, 2.75) is 6.92 Å². The van der Waals surface area contributed by atoms with E-state index in [1.807, 2.05) is 6.07 Å². The van der Waals surface area contributed by atoms with Gasteiger partial charge < -0.3 is 5.11 Å². The molecule has 1 heterocycles. The molecule has 1 aromatic heterocycles. The first-order chi connectivity index (χ1) is 7.11. The van der Waals surface area contributed by atoms with Crippen LogP contribution in [0.5, 0.6) is 0 Å². The minimum atomic E-state index is -0.901. The Balaban J connectivity index is 2.96. The molecule has 0 saturated heterocycles. The van der Waals surface area contributed by atoms with Crippen LogP contribution in [0.1, 0.15) is 15.9 Å². The van der Waals surface area contributed by atoms with E-state index < -0.39 is 5.97 Å². The van der Waals surface area contributed by atoms with E-state index in [2.05, 4.69) is 27.6 Å². The molecule has 0 aliphatic rings. The number of hydrogen-bond acceptors (Lipinski definition) is 2. The maximum Gasteiger partial charge on any atom is 0.336 e. The van der Waals surface area contributed by atoms with E-state index in [1.54, 1.807) is 25.3 Å². The van der Waals surface area contributed by atoms with Crippen molar-refractivity contribution in [1.82, 2.24) is 4.98 Å². The molecule has 76 valence electrons. The summed E-state index contributed by atoms with van der Waals surface area (Å²) in [5, 5.41) is 9.83. The highest BCUT2D eigenvalue weighted by molar-refractivity contribution is 14.1. The highest BCUT2D eigenvalue weighted by Gasteiger charge is 2.14. The maximum atomic E-state index is 11.1. The van der Waals surface area contributed by atoms with E-state index in [0.717, 1.165) is 14.7 Å². The molecular weight excluding hydrogens is 305 g/mol. The molecule has 4 heteroatoms. The van der Waals surface area contributed by atoms with Gasteiger partial charge in [-0.2, -0.15) is 0 Å². The summed E-state index contributed by atoms with van der Waals surface area (Å²) in [6.45, 7) is 1.80. The second-order valence-corrected chi connectivity index (χ2v) is 4.42. The van der Waals surface area contributed by atoms with Crippen molar-refractivity contribution in [2.75, 3.05) is 0 Å². The van der Waals surface area contributed by atoms with Crippen LogP contribution in [0.15, 0.2) is 24.4 Å². The normalized spacial score (nSPS) is 10.5. The molecule has 0 aliphatic heterocycles. The molecule has 2 aromatic rings. The molecule has 0 amide bonds. The van der Waals surface area contributed by atoms with Crippen molar-refractivity contribution in [3.8, 4) is 0 Å². The smallest absolute Gasteiger partial charge is 0.336 e. The summed E-state index contributed by atoms with van der Waals surface area (Å²) < 4.78 is 0.978. The van der Waals surface area contributed by atoms with Crippen LogP contribution in [0, 0.1) is 10.5 Å². The van der Waals surface area contributed by atoms with Crippen LogP contribution in [0.2, 0.25) is 0 Å². The molecule has 0 atom stereocenters. The van der Waals surface area contributed by atoms with Gasteiger partial charge in [-0.25, -0.2) is 4.79 Å². The summed E-state index contributed by atoms with van der Waals surface area (Å²) >= 11 is 2.17. The maximum absolute atomic E-state index is 11.1. The number of aryl methyl sites for hydroxylation is 1. The van der Waals surface area contributed by atoms with Crippen LogP contribution >= 0.6 is 22.6 Å². The van der Waals surface area contributed by atoms with Gasteiger partial charge in [-0.1, -0.05) is 6.07 Å². The predicted molar refractivity (Wildman–Crippen MR) is 66.2 cm³/mol. The number of hydrogen-bond donors (Lipinski definition) is 1. The van der Waals surface area contributed by atoms with Crippen molar-refractivity contribution >= 4 is 39.5 Å². The first-order valence-corrected chi connectivity index (χ1v) is 5.46. The Morgan fingerprint density at radius 1 is 1.53 bits per heavy atom. The fourth-order valence-electron chi connectivity index (χ4n) is 1.62. The zero-order valence-corrected chi connectivity index (χ0v) is 10.1. The molecule has 0 unspecified atom stereocenters. The lowest BCUT2D eigenvalue weighted by Crippen LogP contribution is -2.02. The van der Waals surface area contributed by atoms with Crippen LogP contribution in [0.25, 0.3) is 10.9 Å². The summed E-state index contributed by atoms with van der Waals surface area (Å²) in [5.74, 6) is -0.901. The van der Waals surface area contributed by atoms with E-state index in [9.17, 15) is 4.79 Å². The number of carboxylic acid groups (broad SMARTS) is 1. The molecule has 0 bridgehead atoms. The predicted octanol–water partition coefficient (Wildman–Crippen LogP) is 2.85. The van der Waals surface area contributed by atoms with Crippen LogP contribution in [-0.4, -0.2) is 16.1 Å². The Morgan fingerprint density at radius 3 is 2.93 bits per heavy atom. The lowest BCUT2D eigenvalue weighted by molar-refractivity contribution is 0.0698. The quantitative estimate of drug-likeness (QED) is 0.824. The Labute approximate surface area is 100 Å². The third-order valence-electron chi connectivity index (χ3n) is 2.25. The number of nitrogens with zero attached hydrogens (tertiary/aromatic N) is 1. The Hall–Kier alpha value is -1.17. The number of pyridine rings is 1. The molecule has 0 saturated carbocycles. The molecular formula is C11H8INO2.